The van der Waals surface area contributed by atoms with Crippen molar-refractivity contribution in [1.29, 1.82) is 0 Å². The number of piperidine rings is 1. The fourth-order valence-corrected chi connectivity index (χ4v) is 4.46. The van der Waals surface area contributed by atoms with Crippen molar-refractivity contribution < 1.29 is 13.2 Å². The van der Waals surface area contributed by atoms with Crippen LogP contribution in [0.15, 0.2) is 0 Å². The summed E-state index contributed by atoms with van der Waals surface area (Å²) < 4.78 is 34.8. The van der Waals surface area contributed by atoms with Gasteiger partial charge in [0, 0.05) is 38.8 Å². The molecule has 0 aromatic rings. The fourth-order valence-electron chi connectivity index (χ4n) is 3.20. The Balaban J connectivity index is 1.90. The van der Waals surface area contributed by atoms with Crippen molar-refractivity contribution in [3.63, 3.8) is 0 Å². The Kier molecular flexibility index (Phi) is 6.64. The molecule has 0 spiro atoms. The monoisotopic (exact) mass is 333 g/mol. The second-order valence-corrected chi connectivity index (χ2v) is 8.65. The standard InChI is InChI=1S/C15H31N3O3S/c1-13(2)15(17-8-10-21-11-9-17)12-16-22(19,20)18-6-4-14(3)5-7-18/h13-16H,4-12H2,1-3H3/t15-/m1/s1. The molecule has 1 N–H and O–H groups in total. The van der Waals surface area contributed by atoms with Crippen molar-refractivity contribution in [3.8, 4) is 0 Å². The molecule has 0 amide bonds. The summed E-state index contributed by atoms with van der Waals surface area (Å²) in [4.78, 5) is 2.34. The maximum absolute atomic E-state index is 12.5. The number of ether oxygens (including phenoxy) is 1. The number of morpholine rings is 1. The third kappa shape index (κ3) is 4.89. The molecule has 0 bridgehead atoms. The minimum Gasteiger partial charge on any atom is -0.379 e. The SMILES string of the molecule is CC1CCN(S(=O)(=O)NC[C@H](C(C)C)N2CCOCC2)CC1. The lowest BCUT2D eigenvalue weighted by atomic mass is 10.0. The molecule has 2 aliphatic heterocycles. The zero-order valence-electron chi connectivity index (χ0n) is 14.1. The van der Waals surface area contributed by atoms with Crippen molar-refractivity contribution in [2.24, 2.45) is 11.8 Å². The first-order valence-electron chi connectivity index (χ1n) is 8.46. The molecule has 1 atom stereocenters. The van der Waals surface area contributed by atoms with Crippen molar-refractivity contribution in [2.45, 2.75) is 39.7 Å². The van der Waals surface area contributed by atoms with Crippen molar-refractivity contribution in [2.75, 3.05) is 45.9 Å². The molecule has 0 saturated carbocycles. The molecule has 2 saturated heterocycles. The molecule has 2 rings (SSSR count). The normalized spacial score (nSPS) is 24.7. The highest BCUT2D eigenvalue weighted by Crippen LogP contribution is 2.18. The highest BCUT2D eigenvalue weighted by Gasteiger charge is 2.29. The van der Waals surface area contributed by atoms with E-state index in [-0.39, 0.29) is 6.04 Å². The minimum atomic E-state index is -3.35. The maximum atomic E-state index is 12.5. The molecule has 0 unspecified atom stereocenters. The number of rotatable bonds is 6. The third-order valence-corrected chi connectivity index (χ3v) is 6.42. The lowest BCUT2D eigenvalue weighted by Crippen LogP contribution is -2.53. The van der Waals surface area contributed by atoms with E-state index in [9.17, 15) is 8.42 Å². The van der Waals surface area contributed by atoms with Crippen LogP contribution in [-0.4, -0.2) is 69.6 Å². The van der Waals surface area contributed by atoms with Crippen LogP contribution >= 0.6 is 0 Å². The van der Waals surface area contributed by atoms with E-state index < -0.39 is 10.2 Å². The molecule has 22 heavy (non-hydrogen) atoms. The Morgan fingerprint density at radius 2 is 1.73 bits per heavy atom. The van der Waals surface area contributed by atoms with Gasteiger partial charge in [-0.1, -0.05) is 20.8 Å². The van der Waals surface area contributed by atoms with Gasteiger partial charge in [-0.3, -0.25) is 4.90 Å². The van der Waals surface area contributed by atoms with Gasteiger partial charge in [0.05, 0.1) is 13.2 Å². The van der Waals surface area contributed by atoms with E-state index in [4.69, 9.17) is 4.74 Å². The quantitative estimate of drug-likeness (QED) is 0.785. The van der Waals surface area contributed by atoms with Crippen LogP contribution in [-0.2, 0) is 14.9 Å². The van der Waals surface area contributed by atoms with Gasteiger partial charge in [-0.15, -0.1) is 0 Å². The number of hydrogen-bond acceptors (Lipinski definition) is 4. The summed E-state index contributed by atoms with van der Waals surface area (Å²) in [5, 5.41) is 0. The van der Waals surface area contributed by atoms with Gasteiger partial charge in [0.2, 0.25) is 0 Å². The van der Waals surface area contributed by atoms with Crippen LogP contribution in [0.1, 0.15) is 33.6 Å². The van der Waals surface area contributed by atoms with Crippen molar-refractivity contribution in [3.05, 3.63) is 0 Å². The second kappa shape index (κ2) is 8.06. The van der Waals surface area contributed by atoms with Gasteiger partial charge >= 0.3 is 0 Å². The molecular weight excluding hydrogens is 302 g/mol. The summed E-state index contributed by atoms with van der Waals surface area (Å²) in [7, 11) is -3.35. The predicted molar refractivity (Wildman–Crippen MR) is 87.9 cm³/mol. The van der Waals surface area contributed by atoms with E-state index in [0.29, 0.717) is 31.5 Å². The average Bonchev–Trinajstić information content (AvgIpc) is 2.48. The molecule has 0 aromatic heterocycles. The molecule has 0 aromatic carbocycles. The Morgan fingerprint density at radius 3 is 2.27 bits per heavy atom. The molecule has 2 fully saturated rings. The van der Waals surface area contributed by atoms with Gasteiger partial charge in [-0.05, 0) is 24.7 Å². The van der Waals surface area contributed by atoms with Gasteiger partial charge < -0.3 is 4.74 Å². The van der Waals surface area contributed by atoms with Crippen LogP contribution in [0, 0.1) is 11.8 Å². The fraction of sp³-hybridized carbons (Fsp3) is 1.00. The van der Waals surface area contributed by atoms with E-state index in [1.807, 2.05) is 0 Å². The van der Waals surface area contributed by atoms with Crippen LogP contribution in [0.2, 0.25) is 0 Å². The highest BCUT2D eigenvalue weighted by atomic mass is 32.2. The van der Waals surface area contributed by atoms with Crippen LogP contribution in [0.3, 0.4) is 0 Å². The molecule has 2 aliphatic rings. The second-order valence-electron chi connectivity index (χ2n) is 6.89. The lowest BCUT2D eigenvalue weighted by Gasteiger charge is -2.37. The topological polar surface area (TPSA) is 61.9 Å². The van der Waals surface area contributed by atoms with E-state index in [1.54, 1.807) is 4.31 Å². The van der Waals surface area contributed by atoms with Crippen molar-refractivity contribution in [1.82, 2.24) is 13.9 Å². The van der Waals surface area contributed by atoms with Gasteiger partial charge in [0.25, 0.3) is 10.2 Å². The van der Waals surface area contributed by atoms with E-state index in [2.05, 4.69) is 30.4 Å². The summed E-state index contributed by atoms with van der Waals surface area (Å²) in [5.74, 6) is 1.03. The molecule has 6 nitrogen and oxygen atoms in total. The zero-order chi connectivity index (χ0) is 16.2. The molecule has 2 heterocycles. The summed E-state index contributed by atoms with van der Waals surface area (Å²) in [6.45, 7) is 11.5. The lowest BCUT2D eigenvalue weighted by molar-refractivity contribution is 0.00767. The summed E-state index contributed by atoms with van der Waals surface area (Å²) in [5.41, 5.74) is 0. The molecule has 7 heteroatoms. The molecule has 0 radical (unpaired) electrons. The Bertz CT molecular complexity index is 427. The molecular formula is C15H31N3O3S. The van der Waals surface area contributed by atoms with Crippen LogP contribution in [0.25, 0.3) is 0 Å². The summed E-state index contributed by atoms with van der Waals surface area (Å²) in [6.07, 6.45) is 1.91. The first-order valence-corrected chi connectivity index (χ1v) is 9.90. The van der Waals surface area contributed by atoms with E-state index >= 15 is 0 Å². The summed E-state index contributed by atoms with van der Waals surface area (Å²) >= 11 is 0. The molecule has 130 valence electrons. The number of hydrogen-bond donors (Lipinski definition) is 1. The third-order valence-electron chi connectivity index (χ3n) is 4.84. The van der Waals surface area contributed by atoms with Gasteiger partial charge in [-0.2, -0.15) is 12.7 Å². The van der Waals surface area contributed by atoms with Crippen molar-refractivity contribution >= 4 is 10.2 Å². The Labute approximate surface area is 135 Å². The minimum absolute atomic E-state index is 0.224. The van der Waals surface area contributed by atoms with Crippen LogP contribution in [0.4, 0.5) is 0 Å². The van der Waals surface area contributed by atoms with E-state index in [0.717, 1.165) is 39.1 Å². The first kappa shape index (κ1) is 18.1. The van der Waals surface area contributed by atoms with Gasteiger partial charge in [-0.25, -0.2) is 4.72 Å². The number of nitrogens with zero attached hydrogens (tertiary/aromatic N) is 2. The number of nitrogens with one attached hydrogen (secondary N) is 1. The average molecular weight is 333 g/mol. The van der Waals surface area contributed by atoms with Crippen LogP contribution in [0.5, 0.6) is 0 Å². The van der Waals surface area contributed by atoms with Gasteiger partial charge in [0.1, 0.15) is 0 Å². The largest absolute Gasteiger partial charge is 0.379 e. The highest BCUT2D eigenvalue weighted by molar-refractivity contribution is 7.87. The summed E-state index contributed by atoms with van der Waals surface area (Å²) in [6, 6.07) is 0.224. The molecule has 0 aliphatic carbocycles. The van der Waals surface area contributed by atoms with Crippen LogP contribution < -0.4 is 4.72 Å². The first-order chi connectivity index (χ1) is 10.4. The zero-order valence-corrected chi connectivity index (χ0v) is 14.9. The Hall–Kier alpha value is -0.210. The van der Waals surface area contributed by atoms with Gasteiger partial charge in [0.15, 0.2) is 0 Å². The van der Waals surface area contributed by atoms with E-state index in [1.165, 1.54) is 0 Å². The maximum Gasteiger partial charge on any atom is 0.279 e. The predicted octanol–water partition coefficient (Wildman–Crippen LogP) is 0.910. The smallest absolute Gasteiger partial charge is 0.279 e. The Morgan fingerprint density at radius 1 is 1.14 bits per heavy atom.